The number of hydrogen-bond acceptors (Lipinski definition) is 6. The van der Waals surface area contributed by atoms with E-state index in [0.29, 0.717) is 11.9 Å². The molecular weight excluding hydrogens is 424 g/mol. The smallest absolute Gasteiger partial charge is 0.227 e. The lowest BCUT2D eigenvalue weighted by Gasteiger charge is -2.50. The van der Waals surface area contributed by atoms with Gasteiger partial charge in [-0.2, -0.15) is 5.10 Å². The fourth-order valence-corrected chi connectivity index (χ4v) is 4.98. The summed E-state index contributed by atoms with van der Waals surface area (Å²) < 4.78 is 7.33. The highest BCUT2D eigenvalue weighted by atomic mass is 35.5. The number of aryl methyl sites for hydroxylation is 1. The molecule has 2 aliphatic heterocycles. The molecular formula is C24H29ClN6O. The van der Waals surface area contributed by atoms with Crippen molar-refractivity contribution in [3.8, 4) is 0 Å². The summed E-state index contributed by atoms with van der Waals surface area (Å²) in [5, 5.41) is 9.37. The Morgan fingerprint density at radius 1 is 1.28 bits per heavy atom. The monoisotopic (exact) mass is 452 g/mol. The molecule has 3 aromatic rings. The molecule has 5 rings (SSSR count). The number of rotatable bonds is 7. The number of benzene rings is 1. The highest BCUT2D eigenvalue weighted by Gasteiger charge is 2.41. The molecule has 4 heterocycles. The third-order valence-electron chi connectivity index (χ3n) is 6.67. The molecule has 0 atom stereocenters. The first-order valence-electron chi connectivity index (χ1n) is 11.2. The van der Waals surface area contributed by atoms with Crippen LogP contribution in [0, 0.1) is 0 Å². The summed E-state index contributed by atoms with van der Waals surface area (Å²) in [6.07, 6.45) is 10.5. The maximum absolute atomic E-state index is 6.69. The number of nitrogens with one attached hydrogen (secondary N) is 1. The lowest BCUT2D eigenvalue weighted by molar-refractivity contribution is -0.136. The van der Waals surface area contributed by atoms with Gasteiger partial charge in [0.05, 0.1) is 36.2 Å². The van der Waals surface area contributed by atoms with Gasteiger partial charge >= 0.3 is 0 Å². The Morgan fingerprint density at radius 3 is 2.81 bits per heavy atom. The number of aromatic nitrogens is 4. The van der Waals surface area contributed by atoms with Crippen LogP contribution >= 0.6 is 11.6 Å². The van der Waals surface area contributed by atoms with Gasteiger partial charge in [-0.15, -0.1) is 6.58 Å². The molecule has 0 aliphatic carbocycles. The van der Waals surface area contributed by atoms with Crippen LogP contribution in [0.5, 0.6) is 0 Å². The van der Waals surface area contributed by atoms with Gasteiger partial charge < -0.3 is 10.1 Å². The van der Waals surface area contributed by atoms with Crippen LogP contribution in [-0.4, -0.2) is 56.5 Å². The van der Waals surface area contributed by atoms with Crippen LogP contribution in [0.2, 0.25) is 5.02 Å². The summed E-state index contributed by atoms with van der Waals surface area (Å²) in [4.78, 5) is 11.8. The Labute approximate surface area is 193 Å². The van der Waals surface area contributed by atoms with Crippen LogP contribution < -0.4 is 5.32 Å². The average molecular weight is 453 g/mol. The summed E-state index contributed by atoms with van der Waals surface area (Å²) in [6.45, 7) is 10.7. The van der Waals surface area contributed by atoms with Crippen molar-refractivity contribution in [2.45, 2.75) is 44.2 Å². The molecule has 32 heavy (non-hydrogen) atoms. The van der Waals surface area contributed by atoms with Gasteiger partial charge in [-0.25, -0.2) is 9.97 Å². The Bertz CT molecular complexity index is 1120. The van der Waals surface area contributed by atoms with Crippen molar-refractivity contribution in [3.63, 3.8) is 0 Å². The Morgan fingerprint density at radius 2 is 2.09 bits per heavy atom. The van der Waals surface area contributed by atoms with Gasteiger partial charge in [0.1, 0.15) is 0 Å². The standard InChI is InChI=1S/C24H29ClN6O/c1-3-4-7-31-14-19(13-27-31)28-23-26-12-18-10-21(25)20(11-22(18)29-23)17-5-8-30(9-6-17)24(2)15-32-16-24/h3,10-14,17H,1,4-9,15-16H2,2H3,(H,26,28,29). The zero-order valence-corrected chi connectivity index (χ0v) is 19.2. The van der Waals surface area contributed by atoms with Crippen LogP contribution in [-0.2, 0) is 11.3 Å². The summed E-state index contributed by atoms with van der Waals surface area (Å²) in [5.74, 6) is 1.00. The van der Waals surface area contributed by atoms with Crippen LogP contribution in [0.25, 0.3) is 10.9 Å². The normalized spacial score (nSPS) is 19.1. The molecule has 7 nitrogen and oxygen atoms in total. The highest BCUT2D eigenvalue weighted by Crippen LogP contribution is 2.38. The molecule has 168 valence electrons. The van der Waals surface area contributed by atoms with E-state index in [-0.39, 0.29) is 5.54 Å². The first-order chi connectivity index (χ1) is 15.5. The van der Waals surface area contributed by atoms with Gasteiger partial charge in [0.25, 0.3) is 0 Å². The Kier molecular flexibility index (Phi) is 5.88. The van der Waals surface area contributed by atoms with E-state index in [9.17, 15) is 0 Å². The van der Waals surface area contributed by atoms with E-state index >= 15 is 0 Å². The first kappa shape index (κ1) is 21.4. The van der Waals surface area contributed by atoms with E-state index in [1.807, 2.05) is 29.2 Å². The number of fused-ring (bicyclic) bond motifs is 1. The van der Waals surface area contributed by atoms with Gasteiger partial charge in [0, 0.05) is 29.3 Å². The topological polar surface area (TPSA) is 68.1 Å². The van der Waals surface area contributed by atoms with E-state index in [1.54, 1.807) is 6.20 Å². The Balaban J connectivity index is 1.32. The van der Waals surface area contributed by atoms with E-state index in [0.717, 1.165) is 73.7 Å². The molecule has 0 saturated carbocycles. The number of nitrogens with zero attached hydrogens (tertiary/aromatic N) is 5. The lowest BCUT2D eigenvalue weighted by atomic mass is 9.86. The zero-order valence-electron chi connectivity index (χ0n) is 18.4. The maximum Gasteiger partial charge on any atom is 0.227 e. The van der Waals surface area contributed by atoms with Crippen molar-refractivity contribution < 1.29 is 4.74 Å². The molecule has 1 aromatic carbocycles. The molecule has 0 unspecified atom stereocenters. The van der Waals surface area contributed by atoms with Crippen LogP contribution in [0.1, 0.15) is 37.7 Å². The number of allylic oxidation sites excluding steroid dienone is 1. The number of hydrogen-bond donors (Lipinski definition) is 1. The van der Waals surface area contributed by atoms with Crippen molar-refractivity contribution in [1.82, 2.24) is 24.6 Å². The average Bonchev–Trinajstić information content (AvgIpc) is 3.23. The fourth-order valence-electron chi connectivity index (χ4n) is 4.65. The molecule has 2 fully saturated rings. The van der Waals surface area contributed by atoms with E-state index in [2.05, 4.69) is 39.9 Å². The molecule has 0 spiro atoms. The van der Waals surface area contributed by atoms with E-state index < -0.39 is 0 Å². The minimum atomic E-state index is 0.214. The van der Waals surface area contributed by atoms with Crippen LogP contribution in [0.3, 0.4) is 0 Å². The maximum atomic E-state index is 6.69. The second-order valence-electron chi connectivity index (χ2n) is 9.07. The Hall–Kier alpha value is -2.48. The predicted octanol–water partition coefficient (Wildman–Crippen LogP) is 4.77. The second kappa shape index (κ2) is 8.81. The quantitative estimate of drug-likeness (QED) is 0.521. The van der Waals surface area contributed by atoms with Crippen molar-refractivity contribution in [1.29, 1.82) is 0 Å². The van der Waals surface area contributed by atoms with Gasteiger partial charge in [0.2, 0.25) is 5.95 Å². The number of likely N-dealkylation sites (tertiary alicyclic amines) is 1. The predicted molar refractivity (Wildman–Crippen MR) is 128 cm³/mol. The summed E-state index contributed by atoms with van der Waals surface area (Å²) in [5.41, 5.74) is 3.17. The largest absolute Gasteiger partial charge is 0.377 e. The molecule has 2 aliphatic rings. The molecule has 1 N–H and O–H groups in total. The first-order valence-corrected chi connectivity index (χ1v) is 11.6. The van der Waals surface area contributed by atoms with Crippen molar-refractivity contribution in [2.75, 3.05) is 31.6 Å². The third-order valence-corrected chi connectivity index (χ3v) is 7.00. The molecule has 8 heteroatoms. The third kappa shape index (κ3) is 4.25. The molecule has 0 radical (unpaired) electrons. The summed E-state index contributed by atoms with van der Waals surface area (Å²) in [7, 11) is 0. The molecule has 0 amide bonds. The van der Waals surface area contributed by atoms with Gasteiger partial charge in [0.15, 0.2) is 0 Å². The summed E-state index contributed by atoms with van der Waals surface area (Å²) >= 11 is 6.69. The fraction of sp³-hybridized carbons (Fsp3) is 0.458. The number of anilines is 2. The summed E-state index contributed by atoms with van der Waals surface area (Å²) in [6, 6.07) is 4.14. The molecule has 2 saturated heterocycles. The minimum absolute atomic E-state index is 0.214. The molecule has 0 bridgehead atoms. The number of ether oxygens (including phenoxy) is 1. The van der Waals surface area contributed by atoms with E-state index in [4.69, 9.17) is 21.3 Å². The van der Waals surface area contributed by atoms with Gasteiger partial charge in [-0.3, -0.25) is 9.58 Å². The van der Waals surface area contributed by atoms with Gasteiger partial charge in [-0.05, 0) is 62.9 Å². The van der Waals surface area contributed by atoms with Crippen molar-refractivity contribution in [3.05, 3.63) is 54.0 Å². The number of halogens is 1. The number of piperidine rings is 1. The second-order valence-corrected chi connectivity index (χ2v) is 9.48. The lowest BCUT2D eigenvalue weighted by Crippen LogP contribution is -2.61. The van der Waals surface area contributed by atoms with Crippen LogP contribution in [0.4, 0.5) is 11.6 Å². The molecule has 2 aromatic heterocycles. The SMILES string of the molecule is C=CCCn1cc(Nc2ncc3cc(Cl)c(C4CCN(C5(C)COC5)CC4)cc3n2)cn1. The van der Waals surface area contributed by atoms with Crippen molar-refractivity contribution >= 4 is 34.1 Å². The van der Waals surface area contributed by atoms with Crippen molar-refractivity contribution in [2.24, 2.45) is 0 Å². The van der Waals surface area contributed by atoms with Gasteiger partial charge in [-0.1, -0.05) is 17.7 Å². The minimum Gasteiger partial charge on any atom is -0.377 e. The zero-order chi connectivity index (χ0) is 22.1. The highest BCUT2D eigenvalue weighted by molar-refractivity contribution is 6.32. The van der Waals surface area contributed by atoms with Crippen LogP contribution in [0.15, 0.2) is 43.4 Å². The van der Waals surface area contributed by atoms with E-state index in [1.165, 1.54) is 5.56 Å².